The molecule has 0 N–H and O–H groups in total. The molecule has 0 aromatic heterocycles. The van der Waals surface area contributed by atoms with Crippen LogP contribution in [0.2, 0.25) is 0 Å². The smallest absolute Gasteiger partial charge is 0 e. The molecular formula is Ga2InN2. The standard InChI is InChI=1S/2Ga.In.N2/c;;;1-2/q2*+1;;-2. The summed E-state index contributed by atoms with van der Waals surface area (Å²) in [6, 6.07) is 0. The molecule has 0 aromatic rings. The van der Waals surface area contributed by atoms with E-state index in [1.165, 1.54) is 37.7 Å². The summed E-state index contributed by atoms with van der Waals surface area (Å²) in [5.74, 6) is 0. The van der Waals surface area contributed by atoms with Crippen molar-refractivity contribution >= 4 is 63.5 Å². The average Bonchev–Trinajstić information content (AvgIpc) is 1.37. The fourth-order valence-electron chi connectivity index (χ4n) is 0. The van der Waals surface area contributed by atoms with Crippen molar-refractivity contribution in [3.63, 3.8) is 0 Å². The van der Waals surface area contributed by atoms with E-state index >= 15 is 0 Å². The van der Waals surface area contributed by atoms with Crippen LogP contribution in [0, 0.1) is 0 Å². The van der Waals surface area contributed by atoms with Crippen molar-refractivity contribution in [2.75, 3.05) is 0 Å². The number of rotatable bonds is 0. The number of hydrogen-bond donors (Lipinski definition) is 0. The Morgan fingerprint density at radius 2 is 1.20 bits per heavy atom. The van der Waals surface area contributed by atoms with E-state index in [1.807, 2.05) is 0 Å². The van der Waals surface area contributed by atoms with Crippen molar-refractivity contribution in [2.24, 2.45) is 7.64 Å². The van der Waals surface area contributed by atoms with Crippen molar-refractivity contribution in [1.29, 1.82) is 0 Å². The van der Waals surface area contributed by atoms with Gasteiger partial charge in [-0.25, -0.2) is 0 Å². The molecule has 0 saturated heterocycles. The topological polar surface area (TPSA) is 24.7 Å². The Morgan fingerprint density at radius 1 is 1.00 bits per heavy atom. The summed E-state index contributed by atoms with van der Waals surface area (Å²) < 4.78 is 6.90. The Balaban J connectivity index is 0. The zero-order valence-electron chi connectivity index (χ0n) is 2.63. The van der Waals surface area contributed by atoms with E-state index in [-0.39, 0.29) is 25.8 Å². The summed E-state index contributed by atoms with van der Waals surface area (Å²) in [5.41, 5.74) is 0. The van der Waals surface area contributed by atoms with Gasteiger partial charge in [0.1, 0.15) is 0 Å². The minimum atomic E-state index is 0. The molecule has 0 amide bonds. The summed E-state index contributed by atoms with van der Waals surface area (Å²) in [6.45, 7) is 0. The summed E-state index contributed by atoms with van der Waals surface area (Å²) in [4.78, 5) is 0. The van der Waals surface area contributed by atoms with Gasteiger partial charge in [0.05, 0.1) is 0 Å². The zero-order valence-corrected chi connectivity index (χ0v) is 10.8. The Kier molecular flexibility index (Phi) is 18.2. The van der Waals surface area contributed by atoms with Crippen LogP contribution in [0.4, 0.5) is 0 Å². The van der Waals surface area contributed by atoms with E-state index in [2.05, 4.69) is 7.64 Å². The molecule has 19 valence electrons. The van der Waals surface area contributed by atoms with Gasteiger partial charge >= 0.3 is 45.3 Å². The predicted octanol–water partition coefficient (Wildman–Crippen LogP) is -0.775. The summed E-state index contributed by atoms with van der Waals surface area (Å²) in [7, 11) is 0. The largest absolute Gasteiger partial charge is 0 e. The monoisotopic (exact) mass is 281 g/mol. The molecule has 0 aliphatic heterocycles. The summed E-state index contributed by atoms with van der Waals surface area (Å²) in [5, 5.41) is 0. The van der Waals surface area contributed by atoms with E-state index in [1.54, 1.807) is 0 Å². The van der Waals surface area contributed by atoms with Crippen LogP contribution < -0.4 is 0 Å². The van der Waals surface area contributed by atoms with Crippen molar-refractivity contribution in [1.82, 2.24) is 0 Å². The number of hydrogen-bond acceptors (Lipinski definition) is 2. The van der Waals surface area contributed by atoms with Crippen LogP contribution in [0.1, 0.15) is 0 Å². The van der Waals surface area contributed by atoms with Crippen molar-refractivity contribution in [2.45, 2.75) is 0 Å². The molecule has 0 saturated carbocycles. The molecule has 0 bridgehead atoms. The van der Waals surface area contributed by atoms with Crippen LogP contribution in [-0.4, -0.2) is 63.5 Å². The second kappa shape index (κ2) is 9.22. The number of nitrogens with zero attached hydrogens (tertiary/aromatic N) is 2. The maximum Gasteiger partial charge on any atom is 0 e. The Hall–Kier alpha value is 1.74. The van der Waals surface area contributed by atoms with Gasteiger partial charge in [0, 0.05) is 25.8 Å². The van der Waals surface area contributed by atoms with E-state index in [0.717, 1.165) is 0 Å². The van der Waals surface area contributed by atoms with Gasteiger partial charge in [-0.1, -0.05) is 0 Å². The first kappa shape index (κ1) is 9.89. The van der Waals surface area contributed by atoms with Gasteiger partial charge in [0.15, 0.2) is 0 Å². The summed E-state index contributed by atoms with van der Waals surface area (Å²) >= 11 is 2.60. The van der Waals surface area contributed by atoms with E-state index in [9.17, 15) is 0 Å². The van der Waals surface area contributed by atoms with Gasteiger partial charge in [-0.3, -0.25) is 0 Å². The second-order valence-corrected chi connectivity index (χ2v) is 1.20. The fourth-order valence-corrected chi connectivity index (χ4v) is 0. The first-order valence-electron chi connectivity index (χ1n) is 0.716. The van der Waals surface area contributed by atoms with Crippen LogP contribution >= 0.6 is 0 Å². The molecule has 5 heteroatoms. The van der Waals surface area contributed by atoms with Gasteiger partial charge in [-0.2, -0.15) is 0 Å². The Morgan fingerprint density at radius 3 is 1.20 bits per heavy atom. The molecule has 0 unspecified atom stereocenters. The molecule has 0 aliphatic carbocycles. The van der Waals surface area contributed by atoms with Gasteiger partial charge in [-0.05, 0) is 0 Å². The van der Waals surface area contributed by atoms with E-state index in [0.29, 0.717) is 0 Å². The zero-order chi connectivity index (χ0) is 3.41. The van der Waals surface area contributed by atoms with Gasteiger partial charge in [0.25, 0.3) is 0 Å². The van der Waals surface area contributed by atoms with Crippen LogP contribution in [-0.2, 0) is 0 Å². The first-order valence-corrected chi connectivity index (χ1v) is 2.88. The van der Waals surface area contributed by atoms with Crippen LogP contribution in [0.5, 0.6) is 0 Å². The molecular weight excluding hydrogens is 282 g/mol. The van der Waals surface area contributed by atoms with Crippen molar-refractivity contribution in [3.05, 3.63) is 0 Å². The third-order valence-electron chi connectivity index (χ3n) is 0.0667. The third-order valence-corrected chi connectivity index (χ3v) is 1.80. The molecule has 0 rings (SSSR count). The Bertz CT molecular complexity index is 22.8. The first-order chi connectivity index (χ1) is 1.91. The average molecular weight is 282 g/mol. The molecule has 0 spiro atoms. The predicted molar refractivity (Wildman–Crippen MR) is 22.1 cm³/mol. The van der Waals surface area contributed by atoms with E-state index < -0.39 is 0 Å². The van der Waals surface area contributed by atoms with Crippen LogP contribution in [0.15, 0.2) is 7.64 Å². The second-order valence-electron chi connectivity index (χ2n) is 0.231. The molecule has 2 nitrogen and oxygen atoms in total. The minimum absolute atomic E-state index is 0. The molecule has 0 heterocycles. The summed E-state index contributed by atoms with van der Waals surface area (Å²) in [6.07, 6.45) is 0. The van der Waals surface area contributed by atoms with Gasteiger partial charge < -0.3 is 0 Å². The molecule has 0 aromatic carbocycles. The van der Waals surface area contributed by atoms with Crippen LogP contribution in [0.3, 0.4) is 0 Å². The van der Waals surface area contributed by atoms with Crippen LogP contribution in [0.25, 0.3) is 0 Å². The maximum absolute atomic E-state index is 3.45. The Labute approximate surface area is 70.3 Å². The molecule has 0 fully saturated rings. The van der Waals surface area contributed by atoms with Gasteiger partial charge in [-0.15, -0.1) is 0 Å². The molecule has 0 aliphatic rings. The SMILES string of the molecule is [Ga][N]=[N][Ga].[In]. The van der Waals surface area contributed by atoms with Crippen molar-refractivity contribution < 1.29 is 0 Å². The molecule has 0 atom stereocenters. The minimum Gasteiger partial charge on any atom is 0 e. The van der Waals surface area contributed by atoms with Gasteiger partial charge in [0.2, 0.25) is 0 Å². The van der Waals surface area contributed by atoms with E-state index in [4.69, 9.17) is 0 Å². The normalized spacial score (nSPS) is 7.20. The molecule has 5 heavy (non-hydrogen) atoms. The van der Waals surface area contributed by atoms with Crippen molar-refractivity contribution in [3.8, 4) is 0 Å². The quantitative estimate of drug-likeness (QED) is 0.412. The third kappa shape index (κ3) is 10.7. The molecule has 7 radical (unpaired) electrons. The maximum atomic E-state index is 3.45. The fraction of sp³-hybridized carbons (Fsp3) is 0.